The SMILES string of the molecule is CCOc1cc(/C=C(\Sc2n[nH]c(CC)n2)C(=O)[O-])ccc1OC. The third-order valence-corrected chi connectivity index (χ3v) is 3.90. The number of aliphatic carboxylic acids is 1. The van der Waals surface area contributed by atoms with E-state index in [1.807, 2.05) is 13.8 Å². The van der Waals surface area contributed by atoms with Gasteiger partial charge in [0.05, 0.1) is 19.7 Å². The van der Waals surface area contributed by atoms with Crippen LogP contribution < -0.4 is 14.6 Å². The number of hydrogen-bond donors (Lipinski definition) is 1. The van der Waals surface area contributed by atoms with E-state index in [2.05, 4.69) is 15.2 Å². The Kier molecular flexibility index (Phi) is 6.25. The first kappa shape index (κ1) is 17.9. The number of benzene rings is 1. The van der Waals surface area contributed by atoms with E-state index in [0.717, 1.165) is 11.8 Å². The molecular formula is C16H18N3O4S-. The fourth-order valence-corrected chi connectivity index (χ4v) is 2.63. The van der Waals surface area contributed by atoms with Crippen molar-refractivity contribution in [1.82, 2.24) is 15.2 Å². The lowest BCUT2D eigenvalue weighted by atomic mass is 10.2. The van der Waals surface area contributed by atoms with Gasteiger partial charge in [0.1, 0.15) is 5.82 Å². The number of nitrogens with one attached hydrogen (secondary N) is 1. The number of carboxylic acids is 1. The van der Waals surface area contributed by atoms with Gasteiger partial charge >= 0.3 is 0 Å². The van der Waals surface area contributed by atoms with Crippen LogP contribution in [0.2, 0.25) is 0 Å². The third kappa shape index (κ3) is 4.51. The summed E-state index contributed by atoms with van der Waals surface area (Å²) >= 11 is 0.931. The van der Waals surface area contributed by atoms with Crippen LogP contribution in [0, 0.1) is 0 Å². The molecule has 8 heteroatoms. The molecule has 1 aromatic carbocycles. The summed E-state index contributed by atoms with van der Waals surface area (Å²) in [5.41, 5.74) is 0.650. The first-order valence-electron chi connectivity index (χ1n) is 7.40. The summed E-state index contributed by atoms with van der Waals surface area (Å²) in [5, 5.41) is 18.5. The second kappa shape index (κ2) is 8.39. The van der Waals surface area contributed by atoms with E-state index in [0.29, 0.717) is 41.1 Å². The van der Waals surface area contributed by atoms with Crippen LogP contribution >= 0.6 is 11.8 Å². The van der Waals surface area contributed by atoms with Crippen molar-refractivity contribution in [3.63, 3.8) is 0 Å². The summed E-state index contributed by atoms with van der Waals surface area (Å²) in [6.07, 6.45) is 2.18. The summed E-state index contributed by atoms with van der Waals surface area (Å²) in [6, 6.07) is 5.16. The van der Waals surface area contributed by atoms with E-state index in [4.69, 9.17) is 9.47 Å². The maximum absolute atomic E-state index is 11.4. The monoisotopic (exact) mass is 348 g/mol. The zero-order valence-corrected chi connectivity index (χ0v) is 14.5. The molecular weight excluding hydrogens is 330 g/mol. The lowest BCUT2D eigenvalue weighted by Gasteiger charge is -2.11. The minimum Gasteiger partial charge on any atom is -0.544 e. The van der Waals surface area contributed by atoms with Crippen molar-refractivity contribution in [1.29, 1.82) is 0 Å². The lowest BCUT2D eigenvalue weighted by molar-refractivity contribution is -0.297. The normalized spacial score (nSPS) is 11.4. The summed E-state index contributed by atoms with van der Waals surface area (Å²) < 4.78 is 10.7. The maximum atomic E-state index is 11.4. The molecule has 0 amide bonds. The zero-order chi connectivity index (χ0) is 17.5. The highest BCUT2D eigenvalue weighted by Crippen LogP contribution is 2.31. The number of rotatable bonds is 8. The minimum atomic E-state index is -1.29. The van der Waals surface area contributed by atoms with Crippen LogP contribution in [0.3, 0.4) is 0 Å². The van der Waals surface area contributed by atoms with Gasteiger partial charge in [0.25, 0.3) is 0 Å². The van der Waals surface area contributed by atoms with Gasteiger partial charge in [-0.2, -0.15) is 0 Å². The number of nitrogens with zero attached hydrogens (tertiary/aromatic N) is 2. The Bertz CT molecular complexity index is 743. The van der Waals surface area contributed by atoms with Crippen LogP contribution in [0.25, 0.3) is 6.08 Å². The maximum Gasteiger partial charge on any atom is 0.213 e. The van der Waals surface area contributed by atoms with Crippen molar-refractivity contribution in [2.24, 2.45) is 0 Å². The van der Waals surface area contributed by atoms with Gasteiger partial charge in [-0.05, 0) is 42.5 Å². The summed E-state index contributed by atoms with van der Waals surface area (Å²) in [4.78, 5) is 15.6. The van der Waals surface area contributed by atoms with Gasteiger partial charge in [0, 0.05) is 11.3 Å². The molecule has 0 atom stereocenters. The molecule has 0 saturated heterocycles. The molecule has 1 heterocycles. The van der Waals surface area contributed by atoms with E-state index in [1.165, 1.54) is 6.08 Å². The molecule has 0 radical (unpaired) electrons. The second-order valence-electron chi connectivity index (χ2n) is 4.66. The molecule has 1 aromatic heterocycles. The molecule has 7 nitrogen and oxygen atoms in total. The summed E-state index contributed by atoms with van der Waals surface area (Å²) in [5.74, 6) is 0.524. The van der Waals surface area contributed by atoms with Crippen molar-refractivity contribution in [3.05, 3.63) is 34.5 Å². The number of carbonyl (C=O) groups is 1. The first-order chi connectivity index (χ1) is 11.6. The van der Waals surface area contributed by atoms with Crippen molar-refractivity contribution in [2.75, 3.05) is 13.7 Å². The van der Waals surface area contributed by atoms with E-state index in [1.54, 1.807) is 25.3 Å². The molecule has 1 N–H and O–H groups in total. The Morgan fingerprint density at radius 2 is 2.17 bits per heavy atom. The van der Waals surface area contributed by atoms with Crippen LogP contribution in [-0.2, 0) is 11.2 Å². The topological polar surface area (TPSA) is 100 Å². The van der Waals surface area contributed by atoms with E-state index in [-0.39, 0.29) is 4.91 Å². The van der Waals surface area contributed by atoms with E-state index >= 15 is 0 Å². The second-order valence-corrected chi connectivity index (χ2v) is 5.67. The number of aromatic nitrogens is 3. The number of aromatic amines is 1. The molecule has 0 fully saturated rings. The Balaban J connectivity index is 2.29. The molecule has 0 aliphatic carbocycles. The van der Waals surface area contributed by atoms with Gasteiger partial charge in [-0.1, -0.05) is 13.0 Å². The predicted octanol–water partition coefficient (Wildman–Crippen LogP) is 1.66. The molecule has 0 aliphatic heterocycles. The largest absolute Gasteiger partial charge is 0.544 e. The van der Waals surface area contributed by atoms with Gasteiger partial charge in [-0.3, -0.25) is 5.10 Å². The molecule has 0 bridgehead atoms. The number of ether oxygens (including phenoxy) is 2. The average Bonchev–Trinajstić information content (AvgIpc) is 3.02. The summed E-state index contributed by atoms with van der Waals surface area (Å²) in [6.45, 7) is 4.26. The van der Waals surface area contributed by atoms with E-state index in [9.17, 15) is 9.90 Å². The van der Waals surface area contributed by atoms with Crippen LogP contribution in [0.4, 0.5) is 0 Å². The fraction of sp³-hybridized carbons (Fsp3) is 0.312. The highest BCUT2D eigenvalue weighted by molar-refractivity contribution is 8.04. The zero-order valence-electron chi connectivity index (χ0n) is 13.7. The predicted molar refractivity (Wildman–Crippen MR) is 88.8 cm³/mol. The molecule has 0 unspecified atom stereocenters. The van der Waals surface area contributed by atoms with Crippen LogP contribution in [0.15, 0.2) is 28.3 Å². The molecule has 0 saturated carbocycles. The Morgan fingerprint density at radius 1 is 1.38 bits per heavy atom. The summed E-state index contributed by atoms with van der Waals surface area (Å²) in [7, 11) is 1.55. The van der Waals surface area contributed by atoms with Gasteiger partial charge < -0.3 is 19.4 Å². The van der Waals surface area contributed by atoms with Crippen molar-refractivity contribution in [3.8, 4) is 11.5 Å². The Hall–Kier alpha value is -2.48. The fourth-order valence-electron chi connectivity index (χ4n) is 1.91. The number of H-pyrrole nitrogens is 1. The lowest BCUT2D eigenvalue weighted by Crippen LogP contribution is -2.23. The van der Waals surface area contributed by atoms with E-state index < -0.39 is 5.97 Å². The molecule has 2 aromatic rings. The Labute approximate surface area is 144 Å². The number of methoxy groups -OCH3 is 1. The average molecular weight is 348 g/mol. The molecule has 0 aliphatic rings. The number of thioether (sulfide) groups is 1. The van der Waals surface area contributed by atoms with Gasteiger partial charge in [0.2, 0.25) is 5.16 Å². The Morgan fingerprint density at radius 3 is 2.75 bits per heavy atom. The van der Waals surface area contributed by atoms with Crippen molar-refractivity contribution >= 4 is 23.8 Å². The highest BCUT2D eigenvalue weighted by Gasteiger charge is 2.10. The third-order valence-electron chi connectivity index (χ3n) is 3.03. The van der Waals surface area contributed by atoms with Crippen molar-refractivity contribution < 1.29 is 19.4 Å². The number of aryl methyl sites for hydroxylation is 1. The quantitative estimate of drug-likeness (QED) is 0.572. The molecule has 24 heavy (non-hydrogen) atoms. The molecule has 0 spiro atoms. The van der Waals surface area contributed by atoms with Gasteiger partial charge in [-0.15, -0.1) is 5.10 Å². The van der Waals surface area contributed by atoms with Crippen LogP contribution in [0.1, 0.15) is 25.2 Å². The van der Waals surface area contributed by atoms with Gasteiger partial charge in [0.15, 0.2) is 11.5 Å². The number of carbonyl (C=O) groups excluding carboxylic acids is 1. The molecule has 2 rings (SSSR count). The highest BCUT2D eigenvalue weighted by atomic mass is 32.2. The standard InChI is InChI=1S/C16H19N3O4S/c1-4-14-17-16(19-18-14)24-13(15(20)21)9-10-6-7-11(22-3)12(8-10)23-5-2/h6-9H,4-5H2,1-3H3,(H,20,21)(H,17,18,19)/p-1/b13-9-. The van der Waals surface area contributed by atoms with Crippen molar-refractivity contribution in [2.45, 2.75) is 25.4 Å². The smallest absolute Gasteiger partial charge is 0.213 e. The van der Waals surface area contributed by atoms with Crippen LogP contribution in [-0.4, -0.2) is 34.9 Å². The number of hydrogen-bond acceptors (Lipinski definition) is 7. The van der Waals surface area contributed by atoms with Gasteiger partial charge in [-0.25, -0.2) is 4.98 Å². The number of carboxylic acid groups (broad SMARTS) is 1. The molecule has 128 valence electrons. The van der Waals surface area contributed by atoms with Crippen LogP contribution in [0.5, 0.6) is 11.5 Å². The minimum absolute atomic E-state index is 0.00395. The first-order valence-corrected chi connectivity index (χ1v) is 8.22.